The molecule has 0 atom stereocenters. The van der Waals surface area contributed by atoms with Crippen LogP contribution in [0.3, 0.4) is 0 Å². The van der Waals surface area contributed by atoms with Crippen molar-refractivity contribution in [2.24, 2.45) is 0 Å². The van der Waals surface area contributed by atoms with Crippen LogP contribution in [-0.2, 0) is 4.79 Å². The van der Waals surface area contributed by atoms with Crippen LogP contribution in [-0.4, -0.2) is 17.6 Å². The Bertz CT molecular complexity index is 241. The van der Waals surface area contributed by atoms with E-state index in [1.807, 2.05) is 60.6 Å². The minimum absolute atomic E-state index is 0.0150. The first-order chi connectivity index (χ1) is 9.65. The van der Waals surface area contributed by atoms with Crippen molar-refractivity contribution < 1.29 is 9.90 Å². The molecule has 120 valence electrons. The molecule has 0 spiro atoms. The van der Waals surface area contributed by atoms with E-state index < -0.39 is 0 Å². The summed E-state index contributed by atoms with van der Waals surface area (Å²) in [6, 6.07) is 0. The number of hydrogen-bond donors (Lipinski definition) is 2. The second kappa shape index (κ2) is 30.6. The Morgan fingerprint density at radius 1 is 1.20 bits per heavy atom. The quantitative estimate of drug-likeness (QED) is 0.725. The molecule has 1 amide bonds. The number of rotatable bonds is 5. The van der Waals surface area contributed by atoms with E-state index in [9.17, 15) is 4.79 Å². The van der Waals surface area contributed by atoms with Crippen molar-refractivity contribution in [3.63, 3.8) is 0 Å². The van der Waals surface area contributed by atoms with Gasteiger partial charge in [-0.05, 0) is 25.5 Å². The normalized spacial score (nSPS) is 9.10. The van der Waals surface area contributed by atoms with Gasteiger partial charge in [-0.2, -0.15) is 0 Å². The van der Waals surface area contributed by atoms with E-state index in [2.05, 4.69) is 11.9 Å². The molecule has 20 heavy (non-hydrogen) atoms. The summed E-state index contributed by atoms with van der Waals surface area (Å²) in [5, 5.41) is 10.6. The standard InChI is InChI=1S/C10H15NO.C3H8O.2C2H6/c1-4-7-9(8-5-2)11-10(12)6-3;1-2-3-4;2*1-2/h4-5,7-8H,1,6H2,2-3H3,(H,11,12);4H,2-3H2,1H3;2*1-2H3/b8-5-,9-7+;;;. The Labute approximate surface area is 126 Å². The fourth-order valence-electron chi connectivity index (χ4n) is 0.695. The number of carbonyl (C=O) groups excluding carboxylic acids is 1. The number of carbonyl (C=O) groups is 1. The number of aliphatic hydroxyl groups is 1. The lowest BCUT2D eigenvalue weighted by Crippen LogP contribution is -2.20. The molecule has 0 saturated heterocycles. The van der Waals surface area contributed by atoms with E-state index >= 15 is 0 Å². The molecule has 0 heterocycles. The molecule has 3 nitrogen and oxygen atoms in total. The van der Waals surface area contributed by atoms with Gasteiger partial charge in [0.05, 0.1) is 0 Å². The highest BCUT2D eigenvalue weighted by Gasteiger charge is 1.96. The number of allylic oxidation sites excluding steroid dienone is 4. The monoisotopic (exact) mass is 285 g/mol. The van der Waals surface area contributed by atoms with E-state index in [4.69, 9.17) is 5.11 Å². The minimum atomic E-state index is 0.0150. The molecule has 0 fully saturated rings. The highest BCUT2D eigenvalue weighted by atomic mass is 16.2. The summed E-state index contributed by atoms with van der Waals surface area (Å²) >= 11 is 0. The number of nitrogens with one attached hydrogen (secondary N) is 1. The highest BCUT2D eigenvalue weighted by molar-refractivity contribution is 5.78. The summed E-state index contributed by atoms with van der Waals surface area (Å²) in [6.07, 6.45) is 8.46. The average molecular weight is 285 g/mol. The Hall–Kier alpha value is -1.35. The molecule has 0 aromatic rings. The largest absolute Gasteiger partial charge is 0.396 e. The van der Waals surface area contributed by atoms with Gasteiger partial charge in [0.1, 0.15) is 0 Å². The van der Waals surface area contributed by atoms with Gasteiger partial charge in [-0.3, -0.25) is 4.79 Å². The first kappa shape index (κ1) is 27.1. The van der Waals surface area contributed by atoms with Gasteiger partial charge in [-0.1, -0.05) is 60.3 Å². The van der Waals surface area contributed by atoms with Crippen molar-refractivity contribution in [2.75, 3.05) is 6.61 Å². The van der Waals surface area contributed by atoms with Crippen LogP contribution in [0.2, 0.25) is 0 Å². The van der Waals surface area contributed by atoms with Gasteiger partial charge in [0.25, 0.3) is 0 Å². The third-order valence-electron chi connectivity index (χ3n) is 1.47. The molecule has 0 aromatic heterocycles. The zero-order valence-corrected chi connectivity index (χ0v) is 14.5. The predicted molar refractivity (Wildman–Crippen MR) is 91.6 cm³/mol. The Balaban J connectivity index is -0.000000134. The summed E-state index contributed by atoms with van der Waals surface area (Å²) in [4.78, 5) is 11.0. The molecule has 0 bridgehead atoms. The van der Waals surface area contributed by atoms with Crippen LogP contribution in [0.15, 0.2) is 36.6 Å². The van der Waals surface area contributed by atoms with E-state index in [1.165, 1.54) is 0 Å². The molecule has 0 aromatic carbocycles. The van der Waals surface area contributed by atoms with Gasteiger partial charge in [0.2, 0.25) is 5.91 Å². The smallest absolute Gasteiger partial charge is 0.224 e. The zero-order valence-electron chi connectivity index (χ0n) is 14.5. The summed E-state index contributed by atoms with van der Waals surface area (Å²) in [7, 11) is 0. The van der Waals surface area contributed by atoms with Crippen molar-refractivity contribution in [1.29, 1.82) is 0 Å². The maximum atomic E-state index is 11.0. The highest BCUT2D eigenvalue weighted by Crippen LogP contribution is 1.93. The lowest BCUT2D eigenvalue weighted by atomic mass is 10.3. The van der Waals surface area contributed by atoms with Gasteiger partial charge in [-0.25, -0.2) is 0 Å². The molecule has 0 aliphatic carbocycles. The maximum absolute atomic E-state index is 11.0. The molecule has 0 rings (SSSR count). The number of aliphatic hydroxyl groups excluding tert-OH is 1. The van der Waals surface area contributed by atoms with Crippen LogP contribution < -0.4 is 5.32 Å². The molecule has 0 aliphatic heterocycles. The van der Waals surface area contributed by atoms with Crippen molar-refractivity contribution in [1.82, 2.24) is 5.32 Å². The van der Waals surface area contributed by atoms with Crippen LogP contribution in [0.5, 0.6) is 0 Å². The lowest BCUT2D eigenvalue weighted by Gasteiger charge is -2.02. The minimum Gasteiger partial charge on any atom is -0.396 e. The first-order valence-electron chi connectivity index (χ1n) is 7.52. The number of hydrogen-bond acceptors (Lipinski definition) is 2. The molecule has 0 radical (unpaired) electrons. The van der Waals surface area contributed by atoms with Crippen molar-refractivity contribution >= 4 is 5.91 Å². The van der Waals surface area contributed by atoms with Gasteiger partial charge < -0.3 is 10.4 Å². The predicted octanol–water partition coefficient (Wildman–Crippen LogP) is 4.60. The maximum Gasteiger partial charge on any atom is 0.224 e. The van der Waals surface area contributed by atoms with Gasteiger partial charge in [-0.15, -0.1) is 0 Å². The third-order valence-corrected chi connectivity index (χ3v) is 1.47. The topological polar surface area (TPSA) is 49.3 Å². The zero-order chi connectivity index (χ0) is 16.8. The molecule has 3 heteroatoms. The lowest BCUT2D eigenvalue weighted by molar-refractivity contribution is -0.120. The SMILES string of the molecule is C=C/C=C(\C=C/C)NC(=O)CC.CC.CC.CCCO. The number of amides is 1. The Kier molecular flexibility index (Phi) is 41.4. The molecular weight excluding hydrogens is 250 g/mol. The van der Waals surface area contributed by atoms with E-state index in [0.29, 0.717) is 13.0 Å². The Morgan fingerprint density at radius 3 is 1.90 bits per heavy atom. The van der Waals surface area contributed by atoms with Crippen LogP contribution in [0.1, 0.15) is 61.3 Å². The van der Waals surface area contributed by atoms with Crippen molar-refractivity contribution in [3.8, 4) is 0 Å². The molecule has 0 saturated carbocycles. The average Bonchev–Trinajstić information content (AvgIpc) is 2.52. The summed E-state index contributed by atoms with van der Waals surface area (Å²) in [6.45, 7) is 17.5. The van der Waals surface area contributed by atoms with Crippen molar-refractivity contribution in [3.05, 3.63) is 36.6 Å². The van der Waals surface area contributed by atoms with Crippen LogP contribution in [0.25, 0.3) is 0 Å². The summed E-state index contributed by atoms with van der Waals surface area (Å²) in [5.74, 6) is 0.0150. The van der Waals surface area contributed by atoms with Crippen molar-refractivity contribution in [2.45, 2.75) is 61.3 Å². The summed E-state index contributed by atoms with van der Waals surface area (Å²) in [5.41, 5.74) is 0.777. The summed E-state index contributed by atoms with van der Waals surface area (Å²) < 4.78 is 0. The van der Waals surface area contributed by atoms with E-state index in [1.54, 1.807) is 12.2 Å². The van der Waals surface area contributed by atoms with Crippen LogP contribution in [0, 0.1) is 0 Å². The second-order valence-corrected chi connectivity index (χ2v) is 2.98. The molecule has 2 N–H and O–H groups in total. The fourth-order valence-corrected chi connectivity index (χ4v) is 0.695. The second-order valence-electron chi connectivity index (χ2n) is 2.98. The molecule has 0 unspecified atom stereocenters. The van der Waals surface area contributed by atoms with E-state index in [-0.39, 0.29) is 5.91 Å². The fraction of sp³-hybridized carbons (Fsp3) is 0.588. The van der Waals surface area contributed by atoms with Crippen LogP contribution >= 0.6 is 0 Å². The Morgan fingerprint density at radius 2 is 1.65 bits per heavy atom. The van der Waals surface area contributed by atoms with E-state index in [0.717, 1.165) is 12.1 Å². The van der Waals surface area contributed by atoms with Gasteiger partial charge in [0, 0.05) is 18.7 Å². The third kappa shape index (κ3) is 30.0. The van der Waals surface area contributed by atoms with Crippen LogP contribution in [0.4, 0.5) is 0 Å². The molecule has 0 aliphatic rings. The van der Waals surface area contributed by atoms with Gasteiger partial charge in [0.15, 0.2) is 0 Å². The molecular formula is C17H35NO2. The van der Waals surface area contributed by atoms with Gasteiger partial charge >= 0.3 is 0 Å². The first-order valence-corrected chi connectivity index (χ1v) is 7.52.